The molecule has 1 nitrogen and oxygen atoms in total. The molecule has 40 valence electrons. The van der Waals surface area contributed by atoms with Crippen molar-refractivity contribution in [2.75, 3.05) is 13.1 Å². The van der Waals surface area contributed by atoms with Crippen molar-refractivity contribution in [3.05, 3.63) is 5.32 Å². The van der Waals surface area contributed by atoms with Crippen LogP contribution in [0, 0.1) is 0 Å². The molecule has 0 aromatic heterocycles. The molecular formula is C4H10HfNZr-. The van der Waals surface area contributed by atoms with Gasteiger partial charge in [-0.25, -0.2) is 0 Å². The van der Waals surface area contributed by atoms with Gasteiger partial charge in [0.25, 0.3) is 0 Å². The summed E-state index contributed by atoms with van der Waals surface area (Å²) in [6.07, 6.45) is 0. The van der Waals surface area contributed by atoms with E-state index in [1.165, 1.54) is 0 Å². The Kier molecular flexibility index (Phi) is 35.5. The van der Waals surface area contributed by atoms with Gasteiger partial charge in [-0.05, 0) is 0 Å². The van der Waals surface area contributed by atoms with Crippen LogP contribution >= 0.6 is 0 Å². The zero-order chi connectivity index (χ0) is 4.12. The van der Waals surface area contributed by atoms with Gasteiger partial charge in [0.1, 0.15) is 0 Å². The molecule has 0 N–H and O–H groups in total. The zero-order valence-electron chi connectivity index (χ0n) is 4.86. The molecule has 0 aliphatic rings. The molecule has 0 aliphatic carbocycles. The van der Waals surface area contributed by atoms with E-state index >= 15 is 0 Å². The minimum absolute atomic E-state index is 0. The van der Waals surface area contributed by atoms with Gasteiger partial charge >= 0.3 is 0 Å². The zero-order valence-corrected chi connectivity index (χ0v) is 10.9. The van der Waals surface area contributed by atoms with E-state index in [9.17, 15) is 0 Å². The van der Waals surface area contributed by atoms with E-state index in [2.05, 4.69) is 5.32 Å². The molecule has 0 rings (SSSR count). The van der Waals surface area contributed by atoms with Crippen molar-refractivity contribution < 1.29 is 52.0 Å². The molecule has 7 heavy (non-hydrogen) atoms. The summed E-state index contributed by atoms with van der Waals surface area (Å²) in [5.74, 6) is 0. The van der Waals surface area contributed by atoms with Crippen LogP contribution in [0.2, 0.25) is 0 Å². The van der Waals surface area contributed by atoms with E-state index in [-0.39, 0.29) is 52.0 Å². The third-order valence-corrected chi connectivity index (χ3v) is 0.447. The predicted octanol–water partition coefficient (Wildman–Crippen LogP) is 1.39. The topological polar surface area (TPSA) is 14.1 Å². The van der Waals surface area contributed by atoms with Crippen molar-refractivity contribution in [3.8, 4) is 0 Å². The maximum Gasteiger partial charge on any atom is 0 e. The van der Waals surface area contributed by atoms with Crippen LogP contribution in [0.15, 0.2) is 0 Å². The third kappa shape index (κ3) is 18.3. The van der Waals surface area contributed by atoms with E-state index < -0.39 is 0 Å². The largest absolute Gasteiger partial charge is 0.663 e. The summed E-state index contributed by atoms with van der Waals surface area (Å²) >= 11 is 0. The van der Waals surface area contributed by atoms with Crippen LogP contribution in [-0.4, -0.2) is 13.1 Å². The van der Waals surface area contributed by atoms with Crippen LogP contribution in [0.25, 0.3) is 5.32 Å². The van der Waals surface area contributed by atoms with Gasteiger partial charge in [0.15, 0.2) is 0 Å². The monoisotopic (exact) mass is 342 g/mol. The van der Waals surface area contributed by atoms with Gasteiger partial charge in [-0.15, -0.1) is 0 Å². The van der Waals surface area contributed by atoms with Gasteiger partial charge < -0.3 is 5.32 Å². The first kappa shape index (κ1) is 15.9. The van der Waals surface area contributed by atoms with E-state index in [0.717, 1.165) is 13.1 Å². The Labute approximate surface area is 83.5 Å². The second kappa shape index (κ2) is 15.6. The molecule has 0 saturated heterocycles. The molecule has 0 radical (unpaired) electrons. The fourth-order valence-corrected chi connectivity index (χ4v) is 0.224. The van der Waals surface area contributed by atoms with Crippen molar-refractivity contribution in [2.45, 2.75) is 13.8 Å². The minimum atomic E-state index is 0. The van der Waals surface area contributed by atoms with Crippen LogP contribution in [0.1, 0.15) is 13.8 Å². The van der Waals surface area contributed by atoms with Crippen LogP contribution in [0.3, 0.4) is 0 Å². The molecule has 0 bridgehead atoms. The van der Waals surface area contributed by atoms with Crippen LogP contribution in [-0.2, 0) is 52.0 Å². The van der Waals surface area contributed by atoms with Crippen LogP contribution in [0.5, 0.6) is 0 Å². The number of nitrogens with zero attached hydrogens (tertiary/aromatic N) is 1. The predicted molar refractivity (Wildman–Crippen MR) is 24.4 cm³/mol. The molecule has 0 aromatic rings. The summed E-state index contributed by atoms with van der Waals surface area (Å²) in [4.78, 5) is 0. The third-order valence-electron chi connectivity index (χ3n) is 0.447. The van der Waals surface area contributed by atoms with Crippen molar-refractivity contribution in [1.82, 2.24) is 0 Å². The van der Waals surface area contributed by atoms with Crippen molar-refractivity contribution >= 4 is 0 Å². The number of hydrogen-bond donors (Lipinski definition) is 0. The fraction of sp³-hybridized carbons (Fsp3) is 1.00. The smallest absolute Gasteiger partial charge is 0 e. The second-order valence-electron chi connectivity index (χ2n) is 0.856. The van der Waals surface area contributed by atoms with Crippen molar-refractivity contribution in [3.63, 3.8) is 0 Å². The molecule has 0 fully saturated rings. The van der Waals surface area contributed by atoms with Crippen molar-refractivity contribution in [2.24, 2.45) is 0 Å². The molecule has 0 atom stereocenters. The van der Waals surface area contributed by atoms with E-state index in [0.29, 0.717) is 0 Å². The second-order valence-corrected chi connectivity index (χ2v) is 0.856. The normalized spacial score (nSPS) is 6.00. The van der Waals surface area contributed by atoms with E-state index in [1.807, 2.05) is 13.8 Å². The number of rotatable bonds is 2. The molecule has 0 unspecified atom stereocenters. The molecule has 0 spiro atoms. The fourth-order valence-electron chi connectivity index (χ4n) is 0.224. The van der Waals surface area contributed by atoms with Gasteiger partial charge in [0.2, 0.25) is 0 Å². The molecule has 0 amide bonds. The van der Waals surface area contributed by atoms with Gasteiger partial charge in [-0.1, -0.05) is 13.8 Å². The maximum absolute atomic E-state index is 3.97. The number of hydrogen-bond acceptors (Lipinski definition) is 0. The first-order valence-corrected chi connectivity index (χ1v) is 2.05. The summed E-state index contributed by atoms with van der Waals surface area (Å²) in [6.45, 7) is 6.03. The summed E-state index contributed by atoms with van der Waals surface area (Å²) in [5.41, 5.74) is 0. The quantitative estimate of drug-likeness (QED) is 0.674. The van der Waals surface area contributed by atoms with Crippen LogP contribution < -0.4 is 0 Å². The average Bonchev–Trinajstić information content (AvgIpc) is 1.41. The Bertz CT molecular complexity index is 19.2. The summed E-state index contributed by atoms with van der Waals surface area (Å²) in [5, 5.41) is 3.97. The minimum Gasteiger partial charge on any atom is -0.663 e. The van der Waals surface area contributed by atoms with Gasteiger partial charge in [-0.2, -0.15) is 13.1 Å². The summed E-state index contributed by atoms with van der Waals surface area (Å²) < 4.78 is 0. The van der Waals surface area contributed by atoms with Gasteiger partial charge in [0, 0.05) is 52.0 Å². The van der Waals surface area contributed by atoms with E-state index in [1.54, 1.807) is 0 Å². The summed E-state index contributed by atoms with van der Waals surface area (Å²) in [7, 11) is 0. The Morgan fingerprint density at radius 1 is 1.14 bits per heavy atom. The van der Waals surface area contributed by atoms with Gasteiger partial charge in [-0.3, -0.25) is 0 Å². The van der Waals surface area contributed by atoms with Crippen LogP contribution in [0.4, 0.5) is 0 Å². The molecule has 0 aromatic carbocycles. The SMILES string of the molecule is CC[N-]CC.[Hf].[Zr]. The molecule has 0 aliphatic heterocycles. The molecule has 3 heteroatoms. The van der Waals surface area contributed by atoms with Crippen molar-refractivity contribution in [1.29, 1.82) is 0 Å². The molecule has 0 heterocycles. The average molecular weight is 342 g/mol. The van der Waals surface area contributed by atoms with E-state index in [4.69, 9.17) is 0 Å². The Hall–Kier alpha value is 1.71. The summed E-state index contributed by atoms with van der Waals surface area (Å²) in [6, 6.07) is 0. The maximum atomic E-state index is 3.97. The Balaban J connectivity index is -0.0000000800. The Morgan fingerprint density at radius 2 is 1.43 bits per heavy atom. The molecular weight excluding hydrogens is 332 g/mol. The first-order chi connectivity index (χ1) is 2.41. The molecule has 0 saturated carbocycles. The standard InChI is InChI=1S/C4H10N.Hf.Zr/c1-3-5-4-2;;/h3-4H2,1-2H3;;/q-1;;. The Morgan fingerprint density at radius 3 is 1.43 bits per heavy atom. The first-order valence-electron chi connectivity index (χ1n) is 2.05. The van der Waals surface area contributed by atoms with Gasteiger partial charge in [0.05, 0.1) is 0 Å².